The van der Waals surface area contributed by atoms with E-state index < -0.39 is 5.91 Å². The van der Waals surface area contributed by atoms with Crippen LogP contribution in [0.15, 0.2) is 14.8 Å². The normalized spacial score (nSPS) is 10.6. The Morgan fingerprint density at radius 3 is 3.06 bits per heavy atom. The van der Waals surface area contributed by atoms with Crippen molar-refractivity contribution >= 4 is 34.1 Å². The molecule has 0 saturated carbocycles. The van der Waals surface area contributed by atoms with Crippen molar-refractivity contribution < 1.29 is 9.32 Å². The van der Waals surface area contributed by atoms with Gasteiger partial charge < -0.3 is 10.3 Å². The highest BCUT2D eigenvalue weighted by atomic mass is 32.2. The second-order valence-electron chi connectivity index (χ2n) is 3.37. The first-order chi connectivity index (χ1) is 8.60. The number of thiazole rings is 1. The molecule has 1 amide bonds. The number of thioether (sulfide) groups is 1. The van der Waals surface area contributed by atoms with E-state index in [-0.39, 0.29) is 5.69 Å². The molecule has 0 bridgehead atoms. The van der Waals surface area contributed by atoms with Crippen molar-refractivity contribution in [3.63, 3.8) is 0 Å². The van der Waals surface area contributed by atoms with Gasteiger partial charge in [-0.2, -0.15) is 0 Å². The van der Waals surface area contributed by atoms with Crippen LogP contribution in [0.2, 0.25) is 0 Å². The quantitative estimate of drug-likeness (QED) is 0.330. The van der Waals surface area contributed by atoms with Crippen molar-refractivity contribution in [3.05, 3.63) is 23.2 Å². The number of nitrogens with one attached hydrogen (secondary N) is 1. The summed E-state index contributed by atoms with van der Waals surface area (Å²) in [5, 5.41) is 4.15. The molecule has 0 saturated heterocycles. The number of hydrogen-bond donors (Lipinski definition) is 3. The van der Waals surface area contributed by atoms with Gasteiger partial charge in [-0.3, -0.25) is 10.2 Å². The van der Waals surface area contributed by atoms with Gasteiger partial charge in [0.25, 0.3) is 5.91 Å². The third-order valence-corrected chi connectivity index (χ3v) is 4.41. The second-order valence-corrected chi connectivity index (χ2v) is 5.64. The minimum Gasteiger partial charge on any atom is -0.375 e. The minimum atomic E-state index is -0.479. The first-order valence-electron chi connectivity index (χ1n) is 4.92. The summed E-state index contributed by atoms with van der Waals surface area (Å²) in [6.07, 6.45) is 0. The molecular weight excluding hydrogens is 274 g/mol. The Bertz CT molecular complexity index is 565. The van der Waals surface area contributed by atoms with Gasteiger partial charge in [0.15, 0.2) is 10.8 Å². The van der Waals surface area contributed by atoms with Gasteiger partial charge in [0.1, 0.15) is 5.76 Å². The van der Waals surface area contributed by atoms with E-state index in [1.165, 1.54) is 23.1 Å². The number of hydrazine groups is 1. The molecule has 0 aliphatic heterocycles. The van der Waals surface area contributed by atoms with Crippen molar-refractivity contribution in [3.8, 4) is 0 Å². The van der Waals surface area contributed by atoms with Crippen LogP contribution >= 0.6 is 23.1 Å². The highest BCUT2D eigenvalue weighted by Crippen LogP contribution is 2.32. The number of carbonyl (C=O) groups is 1. The lowest BCUT2D eigenvalue weighted by Crippen LogP contribution is -2.30. The van der Waals surface area contributed by atoms with Gasteiger partial charge in [-0.05, 0) is 6.92 Å². The lowest BCUT2D eigenvalue weighted by molar-refractivity contribution is 0.0944. The van der Waals surface area contributed by atoms with Crippen LogP contribution in [0.25, 0.3) is 0 Å². The van der Waals surface area contributed by atoms with Crippen LogP contribution in [-0.2, 0) is 5.75 Å². The van der Waals surface area contributed by atoms with Gasteiger partial charge in [0, 0.05) is 6.07 Å². The number of hydrogen-bond acceptors (Lipinski definition) is 8. The summed E-state index contributed by atoms with van der Waals surface area (Å²) in [6, 6.07) is 1.55. The van der Waals surface area contributed by atoms with Gasteiger partial charge in [-0.1, -0.05) is 16.5 Å². The standard InChI is InChI=1S/C9H11N5O2S2/c1-4-8(18-9(10)12-4)17-3-5-2-6(14-16-5)7(15)13-11/h2H,3,11H2,1H3,(H2,10,12)(H,13,15). The fourth-order valence-electron chi connectivity index (χ4n) is 1.24. The Hall–Kier alpha value is -1.58. The lowest BCUT2D eigenvalue weighted by atomic mass is 10.4. The number of nitrogens with two attached hydrogens (primary N) is 2. The van der Waals surface area contributed by atoms with Crippen LogP contribution in [0.1, 0.15) is 21.9 Å². The topological polar surface area (TPSA) is 120 Å². The van der Waals surface area contributed by atoms with E-state index >= 15 is 0 Å². The number of amides is 1. The fraction of sp³-hybridized carbons (Fsp3) is 0.222. The second kappa shape index (κ2) is 5.38. The van der Waals surface area contributed by atoms with E-state index in [1.807, 2.05) is 12.3 Å². The summed E-state index contributed by atoms with van der Waals surface area (Å²) in [5.41, 5.74) is 8.64. The Morgan fingerprint density at radius 2 is 2.44 bits per heavy atom. The number of anilines is 1. The number of aryl methyl sites for hydroxylation is 1. The molecule has 18 heavy (non-hydrogen) atoms. The number of aromatic nitrogens is 2. The SMILES string of the molecule is Cc1nc(N)sc1SCc1cc(C(=O)NN)no1. The van der Waals surface area contributed by atoms with Crippen LogP contribution in [0.3, 0.4) is 0 Å². The Balaban J connectivity index is 2.00. The van der Waals surface area contributed by atoms with Gasteiger partial charge in [-0.25, -0.2) is 10.8 Å². The van der Waals surface area contributed by atoms with E-state index in [4.69, 9.17) is 16.1 Å². The average Bonchev–Trinajstić information content (AvgIpc) is 2.92. The number of carbonyl (C=O) groups excluding carboxylic acids is 1. The third-order valence-electron chi connectivity index (χ3n) is 2.04. The largest absolute Gasteiger partial charge is 0.375 e. The molecule has 2 heterocycles. The van der Waals surface area contributed by atoms with Crippen molar-refractivity contribution in [2.45, 2.75) is 16.9 Å². The third kappa shape index (κ3) is 2.81. The Kier molecular flexibility index (Phi) is 3.84. The monoisotopic (exact) mass is 285 g/mol. The van der Waals surface area contributed by atoms with Crippen LogP contribution in [0.4, 0.5) is 5.13 Å². The average molecular weight is 285 g/mol. The van der Waals surface area contributed by atoms with Crippen LogP contribution in [0, 0.1) is 6.92 Å². The smallest absolute Gasteiger partial charge is 0.287 e. The predicted octanol–water partition coefficient (Wildman–Crippen LogP) is 0.918. The van der Waals surface area contributed by atoms with Gasteiger partial charge >= 0.3 is 0 Å². The van der Waals surface area contributed by atoms with E-state index in [9.17, 15) is 4.79 Å². The van der Waals surface area contributed by atoms with Gasteiger partial charge in [-0.15, -0.1) is 11.8 Å². The molecule has 0 aliphatic rings. The molecule has 0 unspecified atom stereocenters. The first kappa shape index (κ1) is 12.9. The summed E-state index contributed by atoms with van der Waals surface area (Å²) in [6.45, 7) is 1.89. The summed E-state index contributed by atoms with van der Waals surface area (Å²) >= 11 is 2.95. The molecule has 0 atom stereocenters. The summed E-state index contributed by atoms with van der Waals surface area (Å²) in [4.78, 5) is 15.3. The maximum Gasteiger partial charge on any atom is 0.287 e. The molecule has 2 rings (SSSR count). The van der Waals surface area contributed by atoms with Crippen molar-refractivity contribution in [2.24, 2.45) is 5.84 Å². The Labute approximate surface area is 111 Å². The van der Waals surface area contributed by atoms with Crippen LogP contribution in [-0.4, -0.2) is 16.0 Å². The van der Waals surface area contributed by atoms with E-state index in [0.29, 0.717) is 16.6 Å². The van der Waals surface area contributed by atoms with Crippen molar-refractivity contribution in [2.75, 3.05) is 5.73 Å². The van der Waals surface area contributed by atoms with Crippen LogP contribution < -0.4 is 17.0 Å². The molecule has 0 aliphatic carbocycles. The van der Waals surface area contributed by atoms with Gasteiger partial charge in [0.2, 0.25) is 0 Å². The number of nitrogens with zero attached hydrogens (tertiary/aromatic N) is 2. The zero-order chi connectivity index (χ0) is 13.1. The Morgan fingerprint density at radius 1 is 1.67 bits per heavy atom. The van der Waals surface area contributed by atoms with Crippen molar-refractivity contribution in [1.29, 1.82) is 0 Å². The first-order valence-corrected chi connectivity index (χ1v) is 6.72. The molecule has 2 aromatic heterocycles. The minimum absolute atomic E-state index is 0.161. The van der Waals surface area contributed by atoms with E-state index in [2.05, 4.69) is 10.1 Å². The van der Waals surface area contributed by atoms with Crippen molar-refractivity contribution in [1.82, 2.24) is 15.6 Å². The molecule has 0 fully saturated rings. The maximum atomic E-state index is 11.2. The molecule has 0 aromatic carbocycles. The summed E-state index contributed by atoms with van der Waals surface area (Å²) < 4.78 is 6.04. The van der Waals surface area contributed by atoms with Crippen LogP contribution in [0.5, 0.6) is 0 Å². The van der Waals surface area contributed by atoms with Gasteiger partial charge in [0.05, 0.1) is 15.7 Å². The highest BCUT2D eigenvalue weighted by Gasteiger charge is 2.12. The molecule has 7 nitrogen and oxygen atoms in total. The van der Waals surface area contributed by atoms with E-state index in [0.717, 1.165) is 9.90 Å². The van der Waals surface area contributed by atoms with E-state index in [1.54, 1.807) is 6.07 Å². The molecule has 0 radical (unpaired) electrons. The summed E-state index contributed by atoms with van der Waals surface area (Å²) in [5.74, 6) is 5.65. The zero-order valence-corrected chi connectivity index (χ0v) is 11.1. The molecule has 5 N–H and O–H groups in total. The fourth-order valence-corrected chi connectivity index (χ4v) is 3.13. The molecule has 96 valence electrons. The summed E-state index contributed by atoms with van der Waals surface area (Å²) in [7, 11) is 0. The molecule has 0 spiro atoms. The lowest BCUT2D eigenvalue weighted by Gasteiger charge is -1.94. The zero-order valence-electron chi connectivity index (χ0n) is 9.47. The maximum absolute atomic E-state index is 11.2. The number of nitrogen functional groups attached to an aromatic ring is 2. The predicted molar refractivity (Wildman–Crippen MR) is 69.0 cm³/mol. The highest BCUT2D eigenvalue weighted by molar-refractivity contribution is 8.00. The molecular formula is C9H11N5O2S2. The molecule has 9 heteroatoms. The number of rotatable bonds is 4. The molecule has 2 aromatic rings.